The number of carbonyl (C=O) groups excluding carboxylic acids is 1. The predicted molar refractivity (Wildman–Crippen MR) is 107 cm³/mol. The van der Waals surface area contributed by atoms with Crippen molar-refractivity contribution in [2.75, 3.05) is 13.1 Å². The number of amides is 1. The molecule has 1 amide bonds. The summed E-state index contributed by atoms with van der Waals surface area (Å²) in [6, 6.07) is 17.0. The van der Waals surface area contributed by atoms with E-state index < -0.39 is 0 Å². The van der Waals surface area contributed by atoms with E-state index in [1.54, 1.807) is 0 Å². The van der Waals surface area contributed by atoms with Gasteiger partial charge >= 0.3 is 0 Å². The number of rotatable bonds is 1. The van der Waals surface area contributed by atoms with Crippen molar-refractivity contribution >= 4 is 17.5 Å². The molecule has 1 aliphatic heterocycles. The molecule has 0 bridgehead atoms. The maximum Gasteiger partial charge on any atom is 0.253 e. The van der Waals surface area contributed by atoms with Gasteiger partial charge < -0.3 is 4.90 Å². The standard InChI is InChI=1S/C23H22ClNO/c1-23(2)17-25(22(26)19-10-4-3-5-11-19)15-14-20(23)12-6-8-18-9-7-13-21(24)16-18/h3-5,7,9-13,16H,14-15,17H2,1-2H3/b20-12+. The summed E-state index contributed by atoms with van der Waals surface area (Å²) in [6.07, 6.45) is 2.85. The van der Waals surface area contributed by atoms with Gasteiger partial charge in [-0.05, 0) is 42.8 Å². The highest BCUT2D eigenvalue weighted by Gasteiger charge is 2.33. The summed E-state index contributed by atoms with van der Waals surface area (Å²) in [5.41, 5.74) is 2.84. The number of carbonyl (C=O) groups is 1. The van der Waals surface area contributed by atoms with E-state index >= 15 is 0 Å². The van der Waals surface area contributed by atoms with Crippen LogP contribution in [0.3, 0.4) is 0 Å². The van der Waals surface area contributed by atoms with Gasteiger partial charge in [-0.3, -0.25) is 4.79 Å². The highest BCUT2D eigenvalue weighted by molar-refractivity contribution is 6.30. The average molecular weight is 364 g/mol. The van der Waals surface area contributed by atoms with Crippen LogP contribution >= 0.6 is 11.6 Å². The number of nitrogens with zero attached hydrogens (tertiary/aromatic N) is 1. The van der Waals surface area contributed by atoms with E-state index in [2.05, 4.69) is 25.7 Å². The fourth-order valence-corrected chi connectivity index (χ4v) is 3.42. The van der Waals surface area contributed by atoms with Gasteiger partial charge in [0.15, 0.2) is 0 Å². The zero-order valence-electron chi connectivity index (χ0n) is 15.1. The third kappa shape index (κ3) is 4.36. The van der Waals surface area contributed by atoms with Crippen molar-refractivity contribution in [1.82, 2.24) is 4.90 Å². The Kier molecular flexibility index (Phi) is 5.49. The molecule has 26 heavy (non-hydrogen) atoms. The molecule has 0 spiro atoms. The number of likely N-dealkylation sites (tertiary alicyclic amines) is 1. The van der Waals surface area contributed by atoms with Crippen LogP contribution < -0.4 is 0 Å². The largest absolute Gasteiger partial charge is 0.337 e. The van der Waals surface area contributed by atoms with Gasteiger partial charge in [-0.1, -0.05) is 67.1 Å². The summed E-state index contributed by atoms with van der Waals surface area (Å²) >= 11 is 5.99. The summed E-state index contributed by atoms with van der Waals surface area (Å²) in [4.78, 5) is 14.6. The SMILES string of the molecule is CC1(C)CN(C(=O)c2ccccc2)CC/C1=C\C#Cc1cccc(Cl)c1. The maximum atomic E-state index is 12.7. The molecule has 0 unspecified atom stereocenters. The Morgan fingerprint density at radius 3 is 2.62 bits per heavy atom. The summed E-state index contributed by atoms with van der Waals surface area (Å²) in [6.45, 7) is 5.77. The summed E-state index contributed by atoms with van der Waals surface area (Å²) < 4.78 is 0. The number of benzene rings is 2. The molecule has 1 saturated heterocycles. The lowest BCUT2D eigenvalue weighted by atomic mass is 9.78. The van der Waals surface area contributed by atoms with Gasteiger partial charge in [-0.2, -0.15) is 0 Å². The molecule has 0 radical (unpaired) electrons. The summed E-state index contributed by atoms with van der Waals surface area (Å²) in [7, 11) is 0. The zero-order chi connectivity index (χ0) is 18.6. The first-order valence-corrected chi connectivity index (χ1v) is 9.14. The molecule has 3 heteroatoms. The molecule has 2 nitrogen and oxygen atoms in total. The van der Waals surface area contributed by atoms with Gasteiger partial charge in [0.2, 0.25) is 0 Å². The van der Waals surface area contributed by atoms with Crippen LogP contribution in [-0.4, -0.2) is 23.9 Å². The van der Waals surface area contributed by atoms with Crippen molar-refractivity contribution in [3.8, 4) is 11.8 Å². The Labute approximate surface area is 160 Å². The lowest BCUT2D eigenvalue weighted by Crippen LogP contribution is -2.44. The second-order valence-corrected chi connectivity index (χ2v) is 7.61. The van der Waals surface area contributed by atoms with Crippen LogP contribution in [0.2, 0.25) is 5.02 Å². The van der Waals surface area contributed by atoms with Crippen LogP contribution in [0.15, 0.2) is 66.2 Å². The first kappa shape index (κ1) is 18.3. The fourth-order valence-electron chi connectivity index (χ4n) is 3.23. The fraction of sp³-hybridized carbons (Fsp3) is 0.261. The molecule has 1 heterocycles. The monoisotopic (exact) mass is 363 g/mol. The third-order valence-electron chi connectivity index (χ3n) is 4.70. The predicted octanol–water partition coefficient (Wildman–Crippen LogP) is 5.19. The van der Waals surface area contributed by atoms with Crippen LogP contribution in [0.1, 0.15) is 36.2 Å². The highest BCUT2D eigenvalue weighted by atomic mass is 35.5. The molecule has 0 saturated carbocycles. The van der Waals surface area contributed by atoms with Crippen LogP contribution in [0.25, 0.3) is 0 Å². The molecule has 0 aromatic heterocycles. The molecule has 2 aromatic rings. The minimum absolute atomic E-state index is 0.0916. The third-order valence-corrected chi connectivity index (χ3v) is 4.94. The van der Waals surface area contributed by atoms with Crippen molar-refractivity contribution in [3.63, 3.8) is 0 Å². The molecule has 3 rings (SSSR count). The van der Waals surface area contributed by atoms with Crippen molar-refractivity contribution in [2.45, 2.75) is 20.3 Å². The topological polar surface area (TPSA) is 20.3 Å². The zero-order valence-corrected chi connectivity index (χ0v) is 15.9. The Balaban J connectivity index is 1.72. The number of allylic oxidation sites excluding steroid dienone is 1. The van der Waals surface area contributed by atoms with Crippen LogP contribution in [0, 0.1) is 17.3 Å². The van der Waals surface area contributed by atoms with Gasteiger partial charge in [-0.25, -0.2) is 0 Å². The van der Waals surface area contributed by atoms with Gasteiger partial charge in [-0.15, -0.1) is 0 Å². The Morgan fingerprint density at radius 1 is 1.15 bits per heavy atom. The van der Waals surface area contributed by atoms with Gasteiger partial charge in [0.25, 0.3) is 5.91 Å². The number of hydrogen-bond donors (Lipinski definition) is 0. The van der Waals surface area contributed by atoms with Crippen molar-refractivity contribution in [2.24, 2.45) is 5.41 Å². The average Bonchev–Trinajstić information content (AvgIpc) is 2.63. The minimum Gasteiger partial charge on any atom is -0.337 e. The van der Waals surface area contributed by atoms with E-state index in [1.165, 1.54) is 5.57 Å². The van der Waals surface area contributed by atoms with E-state index in [-0.39, 0.29) is 11.3 Å². The van der Waals surface area contributed by atoms with E-state index in [0.29, 0.717) is 11.6 Å². The molecule has 0 atom stereocenters. The summed E-state index contributed by atoms with van der Waals surface area (Å²) in [5.74, 6) is 6.39. The van der Waals surface area contributed by atoms with E-state index in [9.17, 15) is 4.79 Å². The van der Waals surface area contributed by atoms with Gasteiger partial charge in [0.1, 0.15) is 0 Å². The minimum atomic E-state index is -0.0916. The van der Waals surface area contributed by atoms with E-state index in [4.69, 9.17) is 11.6 Å². The smallest absolute Gasteiger partial charge is 0.253 e. The van der Waals surface area contributed by atoms with E-state index in [1.807, 2.05) is 65.6 Å². The van der Waals surface area contributed by atoms with Crippen LogP contribution in [0.4, 0.5) is 0 Å². The molecule has 0 N–H and O–H groups in total. The molecule has 2 aromatic carbocycles. The van der Waals surface area contributed by atoms with Crippen molar-refractivity contribution < 1.29 is 4.79 Å². The lowest BCUT2D eigenvalue weighted by Gasteiger charge is -2.40. The second-order valence-electron chi connectivity index (χ2n) is 7.18. The first-order valence-electron chi connectivity index (χ1n) is 8.77. The van der Waals surface area contributed by atoms with Gasteiger partial charge in [0.05, 0.1) is 0 Å². The first-order chi connectivity index (χ1) is 12.5. The summed E-state index contributed by atoms with van der Waals surface area (Å²) in [5, 5.41) is 0.692. The lowest BCUT2D eigenvalue weighted by molar-refractivity contribution is 0.0663. The molecule has 0 aliphatic carbocycles. The van der Waals surface area contributed by atoms with Crippen molar-refractivity contribution in [3.05, 3.63) is 82.4 Å². The number of halogens is 1. The Hall–Kier alpha value is -2.50. The number of hydrogen-bond acceptors (Lipinski definition) is 1. The Morgan fingerprint density at radius 2 is 1.92 bits per heavy atom. The van der Waals surface area contributed by atoms with Crippen molar-refractivity contribution in [1.29, 1.82) is 0 Å². The molecule has 1 aliphatic rings. The van der Waals surface area contributed by atoms with E-state index in [0.717, 1.165) is 24.1 Å². The molecule has 132 valence electrons. The molecular formula is C23H22ClNO. The van der Waals surface area contributed by atoms with Crippen LogP contribution in [0.5, 0.6) is 0 Å². The Bertz CT molecular complexity index is 887. The molecule has 1 fully saturated rings. The normalized spacial score (nSPS) is 17.5. The number of piperidine rings is 1. The maximum absolute atomic E-state index is 12.7. The molecular weight excluding hydrogens is 342 g/mol. The van der Waals surface area contributed by atoms with Crippen LogP contribution in [-0.2, 0) is 0 Å². The quantitative estimate of drug-likeness (QED) is 0.638. The second kappa shape index (κ2) is 7.81. The van der Waals surface area contributed by atoms with Gasteiger partial charge in [0, 0.05) is 34.7 Å². The highest BCUT2D eigenvalue weighted by Crippen LogP contribution is 2.34.